The van der Waals surface area contributed by atoms with Gasteiger partial charge in [-0.25, -0.2) is 0 Å². The van der Waals surface area contributed by atoms with E-state index >= 15 is 0 Å². The van der Waals surface area contributed by atoms with Gasteiger partial charge >= 0.3 is 0 Å². The number of fused-ring (bicyclic) bond motifs is 1. The van der Waals surface area contributed by atoms with Crippen LogP contribution in [0.25, 0.3) is 0 Å². The van der Waals surface area contributed by atoms with Gasteiger partial charge in [-0.2, -0.15) is 0 Å². The number of carbonyl (C=O) groups is 1. The summed E-state index contributed by atoms with van der Waals surface area (Å²) in [5.74, 6) is 1.05. The minimum atomic E-state index is -0.152. The Hall–Kier alpha value is -1.11. The van der Waals surface area contributed by atoms with Crippen LogP contribution in [0.1, 0.15) is 25.7 Å². The molecule has 1 saturated carbocycles. The smallest absolute Gasteiger partial charge is 0.150 e. The van der Waals surface area contributed by atoms with E-state index in [1.54, 1.807) is 0 Å². The van der Waals surface area contributed by atoms with Gasteiger partial charge in [0, 0.05) is 5.92 Å². The molecule has 0 aromatic heterocycles. The first-order valence-electron chi connectivity index (χ1n) is 5.90. The van der Waals surface area contributed by atoms with Gasteiger partial charge in [0.15, 0.2) is 5.78 Å². The van der Waals surface area contributed by atoms with Crippen LogP contribution < -0.4 is 0 Å². The number of hydrogen-bond acceptors (Lipinski definition) is 1. The lowest BCUT2D eigenvalue weighted by Gasteiger charge is -2.29. The Morgan fingerprint density at radius 1 is 1.27 bits per heavy atom. The van der Waals surface area contributed by atoms with Gasteiger partial charge in [0.2, 0.25) is 0 Å². The van der Waals surface area contributed by atoms with E-state index in [0.29, 0.717) is 11.7 Å². The summed E-state index contributed by atoms with van der Waals surface area (Å²) in [5, 5.41) is 0. The molecular weight excluding hydrogens is 184 g/mol. The van der Waals surface area contributed by atoms with Gasteiger partial charge in [0.25, 0.3) is 0 Å². The summed E-state index contributed by atoms with van der Waals surface area (Å²) in [4.78, 5) is 12.5. The largest absolute Gasteiger partial charge is 0.298 e. The molecule has 0 N–H and O–H groups in total. The minimum absolute atomic E-state index is 0.124. The molecule has 0 aromatic rings. The van der Waals surface area contributed by atoms with Gasteiger partial charge in [-0.1, -0.05) is 42.9 Å². The second-order valence-electron chi connectivity index (χ2n) is 4.92. The molecule has 1 nitrogen and oxygen atoms in total. The van der Waals surface area contributed by atoms with Crippen LogP contribution in [0.2, 0.25) is 0 Å². The molecule has 1 spiro atoms. The van der Waals surface area contributed by atoms with E-state index in [1.807, 2.05) is 6.08 Å². The average molecular weight is 200 g/mol. The van der Waals surface area contributed by atoms with E-state index in [4.69, 9.17) is 0 Å². The molecule has 3 aliphatic carbocycles. The zero-order valence-electron chi connectivity index (χ0n) is 8.86. The van der Waals surface area contributed by atoms with Crippen molar-refractivity contribution in [3.63, 3.8) is 0 Å². The minimum Gasteiger partial charge on any atom is -0.298 e. The van der Waals surface area contributed by atoms with Gasteiger partial charge in [-0.3, -0.25) is 4.79 Å². The SMILES string of the molecule is O=C1[C@H]2C=CC=C[C@@]13CCC[C@H]3C=CC2. The third-order valence-corrected chi connectivity index (χ3v) is 4.17. The zero-order valence-corrected chi connectivity index (χ0v) is 8.86. The molecule has 0 saturated heterocycles. The van der Waals surface area contributed by atoms with Crippen LogP contribution in [0.3, 0.4) is 0 Å². The summed E-state index contributed by atoms with van der Waals surface area (Å²) >= 11 is 0. The Kier molecular flexibility index (Phi) is 1.95. The van der Waals surface area contributed by atoms with E-state index in [1.165, 1.54) is 12.8 Å². The first kappa shape index (κ1) is 9.14. The molecule has 1 fully saturated rings. The summed E-state index contributed by atoms with van der Waals surface area (Å²) in [6, 6.07) is 0. The number of carbonyl (C=O) groups excluding carboxylic acids is 1. The third-order valence-electron chi connectivity index (χ3n) is 4.17. The Morgan fingerprint density at radius 2 is 2.20 bits per heavy atom. The monoisotopic (exact) mass is 200 g/mol. The number of Topliss-reactive ketones (excluding diaryl/α,β-unsaturated/α-hetero) is 1. The molecule has 3 aliphatic rings. The molecule has 15 heavy (non-hydrogen) atoms. The van der Waals surface area contributed by atoms with Crippen LogP contribution in [0, 0.1) is 17.3 Å². The summed E-state index contributed by atoms with van der Waals surface area (Å²) in [6.45, 7) is 0. The van der Waals surface area contributed by atoms with Crippen LogP contribution in [-0.2, 0) is 4.79 Å². The quantitative estimate of drug-likeness (QED) is 0.549. The standard InChI is InChI=1S/C14H16O/c15-13-11-5-1-2-9-14(13)10-4-8-12(14)7-3-6-11/h1-3,5,7,9,11-12H,4,6,8,10H2/t11-,12+,14-/m0/s1. The van der Waals surface area contributed by atoms with Crippen LogP contribution in [0.4, 0.5) is 0 Å². The summed E-state index contributed by atoms with van der Waals surface area (Å²) in [5.41, 5.74) is -0.152. The molecule has 78 valence electrons. The van der Waals surface area contributed by atoms with Crippen LogP contribution in [0.5, 0.6) is 0 Å². The highest BCUT2D eigenvalue weighted by Gasteiger charge is 2.48. The van der Waals surface area contributed by atoms with Gasteiger partial charge in [-0.05, 0) is 25.2 Å². The molecule has 2 bridgehead atoms. The maximum Gasteiger partial charge on any atom is 0.150 e. The van der Waals surface area contributed by atoms with E-state index in [0.717, 1.165) is 12.8 Å². The highest BCUT2D eigenvalue weighted by Crippen LogP contribution is 2.50. The van der Waals surface area contributed by atoms with E-state index in [9.17, 15) is 4.79 Å². The molecule has 1 heteroatoms. The fraction of sp³-hybridized carbons (Fsp3) is 0.500. The molecule has 0 aromatic carbocycles. The van der Waals surface area contributed by atoms with Crippen LogP contribution in [-0.4, -0.2) is 5.78 Å². The molecule has 3 atom stereocenters. The summed E-state index contributed by atoms with van der Waals surface area (Å²) in [6.07, 6.45) is 17.2. The topological polar surface area (TPSA) is 17.1 Å². The highest BCUT2D eigenvalue weighted by atomic mass is 16.1. The number of hydrogen-bond donors (Lipinski definition) is 0. The number of rotatable bonds is 0. The van der Waals surface area contributed by atoms with Crippen LogP contribution >= 0.6 is 0 Å². The third kappa shape index (κ3) is 1.19. The van der Waals surface area contributed by atoms with Crippen molar-refractivity contribution in [1.29, 1.82) is 0 Å². The van der Waals surface area contributed by atoms with Crippen molar-refractivity contribution in [2.75, 3.05) is 0 Å². The van der Waals surface area contributed by atoms with Crippen molar-refractivity contribution < 1.29 is 4.79 Å². The Bertz CT molecular complexity index is 375. The maximum atomic E-state index is 12.5. The highest BCUT2D eigenvalue weighted by molar-refractivity contribution is 5.92. The lowest BCUT2D eigenvalue weighted by molar-refractivity contribution is -0.129. The van der Waals surface area contributed by atoms with Gasteiger partial charge in [0.1, 0.15) is 0 Å². The molecule has 3 rings (SSSR count). The van der Waals surface area contributed by atoms with Crippen molar-refractivity contribution >= 4 is 5.78 Å². The van der Waals surface area contributed by atoms with Crippen molar-refractivity contribution in [2.45, 2.75) is 25.7 Å². The molecule has 0 amide bonds. The molecule has 0 heterocycles. The zero-order chi connectivity index (χ0) is 10.3. The van der Waals surface area contributed by atoms with Crippen molar-refractivity contribution in [1.82, 2.24) is 0 Å². The first-order chi connectivity index (χ1) is 7.33. The normalized spacial score (nSPS) is 42.5. The molecule has 0 unspecified atom stereocenters. The Balaban J connectivity index is 2.14. The molecule has 0 radical (unpaired) electrons. The Morgan fingerprint density at radius 3 is 3.13 bits per heavy atom. The second-order valence-corrected chi connectivity index (χ2v) is 4.92. The predicted molar refractivity (Wildman–Crippen MR) is 60.3 cm³/mol. The summed E-state index contributed by atoms with van der Waals surface area (Å²) < 4.78 is 0. The van der Waals surface area contributed by atoms with Crippen LogP contribution in [0.15, 0.2) is 36.5 Å². The molecule has 0 aliphatic heterocycles. The first-order valence-corrected chi connectivity index (χ1v) is 5.90. The lowest BCUT2D eigenvalue weighted by Crippen LogP contribution is -2.34. The van der Waals surface area contributed by atoms with Gasteiger partial charge in [0.05, 0.1) is 5.41 Å². The second kappa shape index (κ2) is 3.19. The maximum absolute atomic E-state index is 12.5. The van der Waals surface area contributed by atoms with E-state index < -0.39 is 0 Å². The predicted octanol–water partition coefficient (Wildman–Crippen LogP) is 3.04. The van der Waals surface area contributed by atoms with Gasteiger partial charge in [-0.15, -0.1) is 0 Å². The number of ketones is 1. The Labute approximate surface area is 90.6 Å². The van der Waals surface area contributed by atoms with E-state index in [2.05, 4.69) is 30.4 Å². The fourth-order valence-corrected chi connectivity index (χ4v) is 3.35. The van der Waals surface area contributed by atoms with Crippen molar-refractivity contribution in [3.8, 4) is 0 Å². The number of allylic oxidation sites excluding steroid dienone is 6. The average Bonchev–Trinajstić information content (AvgIpc) is 2.54. The summed E-state index contributed by atoms with van der Waals surface area (Å²) in [7, 11) is 0. The van der Waals surface area contributed by atoms with Gasteiger partial charge < -0.3 is 0 Å². The van der Waals surface area contributed by atoms with E-state index in [-0.39, 0.29) is 11.3 Å². The van der Waals surface area contributed by atoms with Crippen molar-refractivity contribution in [2.24, 2.45) is 17.3 Å². The lowest BCUT2D eigenvalue weighted by atomic mass is 9.72. The van der Waals surface area contributed by atoms with Crippen molar-refractivity contribution in [3.05, 3.63) is 36.5 Å². The molecular formula is C14H16O. The fourth-order valence-electron chi connectivity index (χ4n) is 3.35.